The highest BCUT2D eigenvalue weighted by molar-refractivity contribution is 6.51. The molecule has 7 nitrogen and oxygen atoms in total. The van der Waals surface area contributed by atoms with Crippen LogP contribution in [0.1, 0.15) is 37.7 Å². The number of benzene rings is 2. The number of Topliss-reactive ketones (excluding diaryl/α,β-unsaturated/α-hetero) is 1. The fraction of sp³-hybridized carbons (Fsp3) is 0.296. The highest BCUT2D eigenvalue weighted by Gasteiger charge is 2.49. The van der Waals surface area contributed by atoms with E-state index in [0.29, 0.717) is 17.0 Å². The second-order valence-electron chi connectivity index (χ2n) is 8.80. The van der Waals surface area contributed by atoms with Gasteiger partial charge in [0.15, 0.2) is 0 Å². The standard InChI is InChI=1S/C27H26N2O5/c1-33-22-13-9-19(10-14-22)25(30)23-24(18-5-3-2-4-6-18)29(27(32)26(23)31)21-11-7-17(8-12-21)20-15-28-34-16-20/h7-16,18,24,30H,2-6H2,1H3. The third kappa shape index (κ3) is 3.87. The Balaban J connectivity index is 1.58. The van der Waals surface area contributed by atoms with E-state index in [9.17, 15) is 14.7 Å². The molecule has 1 unspecified atom stereocenters. The first-order valence-corrected chi connectivity index (χ1v) is 11.5. The van der Waals surface area contributed by atoms with Gasteiger partial charge in [-0.2, -0.15) is 0 Å². The van der Waals surface area contributed by atoms with Crippen molar-refractivity contribution in [2.24, 2.45) is 5.92 Å². The number of carbonyl (C=O) groups excluding carboxylic acids is 2. The average Bonchev–Trinajstić information content (AvgIpc) is 3.52. The van der Waals surface area contributed by atoms with Crippen molar-refractivity contribution in [1.29, 1.82) is 0 Å². The number of methoxy groups -OCH3 is 1. The van der Waals surface area contributed by atoms with E-state index in [0.717, 1.165) is 43.2 Å². The maximum Gasteiger partial charge on any atom is 0.299 e. The Labute approximate surface area is 197 Å². The Morgan fingerprint density at radius 3 is 2.32 bits per heavy atom. The molecular formula is C27H26N2O5. The van der Waals surface area contributed by atoms with E-state index < -0.39 is 17.7 Å². The van der Waals surface area contributed by atoms with Gasteiger partial charge in [0.2, 0.25) is 0 Å². The largest absolute Gasteiger partial charge is 0.507 e. The van der Waals surface area contributed by atoms with Crippen LogP contribution in [-0.2, 0) is 9.59 Å². The molecule has 34 heavy (non-hydrogen) atoms. The van der Waals surface area contributed by atoms with Crippen LogP contribution in [0.4, 0.5) is 5.69 Å². The smallest absolute Gasteiger partial charge is 0.299 e. The molecule has 2 heterocycles. The van der Waals surface area contributed by atoms with E-state index >= 15 is 0 Å². The number of hydrogen-bond acceptors (Lipinski definition) is 6. The van der Waals surface area contributed by atoms with Crippen LogP contribution in [0.2, 0.25) is 0 Å². The SMILES string of the molecule is COc1ccc(C(O)=C2C(=O)C(=O)N(c3ccc(-c4cnoc4)cc3)C2C2CCCCC2)cc1. The Kier molecular flexibility index (Phi) is 5.92. The number of carbonyl (C=O) groups is 2. The topological polar surface area (TPSA) is 92.9 Å². The molecule has 2 aliphatic rings. The molecule has 1 aromatic heterocycles. The zero-order chi connectivity index (χ0) is 23.7. The van der Waals surface area contributed by atoms with Crippen molar-refractivity contribution in [2.75, 3.05) is 12.0 Å². The zero-order valence-corrected chi connectivity index (χ0v) is 18.9. The summed E-state index contributed by atoms with van der Waals surface area (Å²) in [6, 6.07) is 13.8. The van der Waals surface area contributed by atoms with E-state index in [1.54, 1.807) is 48.7 Å². The monoisotopic (exact) mass is 458 g/mol. The lowest BCUT2D eigenvalue weighted by atomic mass is 9.80. The van der Waals surface area contributed by atoms with Gasteiger partial charge >= 0.3 is 0 Å². The van der Waals surface area contributed by atoms with Crippen molar-refractivity contribution >= 4 is 23.1 Å². The Morgan fingerprint density at radius 2 is 1.71 bits per heavy atom. The number of amides is 1. The minimum absolute atomic E-state index is 0.0947. The van der Waals surface area contributed by atoms with Gasteiger partial charge < -0.3 is 14.4 Å². The fourth-order valence-corrected chi connectivity index (χ4v) is 5.10. The van der Waals surface area contributed by atoms with Crippen molar-refractivity contribution in [3.63, 3.8) is 0 Å². The summed E-state index contributed by atoms with van der Waals surface area (Å²) in [7, 11) is 1.57. The van der Waals surface area contributed by atoms with E-state index in [2.05, 4.69) is 5.16 Å². The number of nitrogens with zero attached hydrogens (tertiary/aromatic N) is 2. The first kappa shape index (κ1) is 21.9. The molecule has 0 bridgehead atoms. The van der Waals surface area contributed by atoms with Gasteiger partial charge in [-0.25, -0.2) is 0 Å². The molecule has 1 saturated carbocycles. The Hall–Kier alpha value is -3.87. The predicted octanol–water partition coefficient (Wildman–Crippen LogP) is 5.18. The second-order valence-corrected chi connectivity index (χ2v) is 8.80. The van der Waals surface area contributed by atoms with Gasteiger partial charge in [-0.15, -0.1) is 0 Å². The predicted molar refractivity (Wildman–Crippen MR) is 127 cm³/mol. The van der Waals surface area contributed by atoms with Gasteiger partial charge in [0, 0.05) is 16.8 Å². The van der Waals surface area contributed by atoms with E-state index in [1.165, 1.54) is 0 Å². The lowest BCUT2D eigenvalue weighted by Gasteiger charge is -2.34. The number of ether oxygens (including phenoxy) is 1. The first-order valence-electron chi connectivity index (χ1n) is 11.5. The highest BCUT2D eigenvalue weighted by atomic mass is 16.5. The average molecular weight is 459 g/mol. The quantitative estimate of drug-likeness (QED) is 0.322. The van der Waals surface area contributed by atoms with Crippen molar-refractivity contribution < 1.29 is 24.0 Å². The van der Waals surface area contributed by atoms with Crippen LogP contribution in [0.15, 0.2) is 71.1 Å². The molecule has 7 heteroatoms. The number of aliphatic hydroxyl groups excluding tert-OH is 1. The van der Waals surface area contributed by atoms with Crippen LogP contribution in [0.25, 0.3) is 16.9 Å². The van der Waals surface area contributed by atoms with E-state index in [4.69, 9.17) is 9.26 Å². The zero-order valence-electron chi connectivity index (χ0n) is 18.9. The number of rotatable bonds is 5. The molecule has 0 spiro atoms. The minimum Gasteiger partial charge on any atom is -0.507 e. The third-order valence-corrected chi connectivity index (χ3v) is 6.86. The summed E-state index contributed by atoms with van der Waals surface area (Å²) in [5.74, 6) is -0.651. The molecule has 5 rings (SSSR count). The van der Waals surface area contributed by atoms with Gasteiger partial charge in [-0.05, 0) is 60.7 Å². The second kappa shape index (κ2) is 9.17. The van der Waals surface area contributed by atoms with Crippen LogP contribution in [-0.4, -0.2) is 35.1 Å². The van der Waals surface area contributed by atoms with E-state index in [-0.39, 0.29) is 17.3 Å². The molecule has 1 N–H and O–H groups in total. The van der Waals surface area contributed by atoms with Gasteiger partial charge in [0.1, 0.15) is 17.8 Å². The van der Waals surface area contributed by atoms with Crippen molar-refractivity contribution in [2.45, 2.75) is 38.1 Å². The summed E-state index contributed by atoms with van der Waals surface area (Å²) in [5.41, 5.74) is 3.03. The molecule has 0 radical (unpaired) electrons. The van der Waals surface area contributed by atoms with Crippen LogP contribution < -0.4 is 9.64 Å². The van der Waals surface area contributed by atoms with E-state index in [1.807, 2.05) is 24.3 Å². The molecule has 2 fully saturated rings. The van der Waals surface area contributed by atoms with Gasteiger partial charge in [-0.3, -0.25) is 14.5 Å². The highest BCUT2D eigenvalue weighted by Crippen LogP contribution is 2.41. The van der Waals surface area contributed by atoms with Crippen LogP contribution >= 0.6 is 0 Å². The van der Waals surface area contributed by atoms with Crippen LogP contribution in [0.3, 0.4) is 0 Å². The van der Waals surface area contributed by atoms with Gasteiger partial charge in [0.25, 0.3) is 11.7 Å². The molecule has 1 amide bonds. The number of aromatic nitrogens is 1. The molecule has 1 aliphatic carbocycles. The number of aliphatic hydroxyl groups is 1. The first-order chi connectivity index (χ1) is 16.6. The summed E-state index contributed by atoms with van der Waals surface area (Å²) in [6.45, 7) is 0. The maximum atomic E-state index is 13.3. The van der Waals surface area contributed by atoms with Crippen molar-refractivity contribution in [3.8, 4) is 16.9 Å². The lowest BCUT2D eigenvalue weighted by molar-refractivity contribution is -0.132. The number of anilines is 1. The molecule has 1 saturated heterocycles. The summed E-state index contributed by atoms with van der Waals surface area (Å²) >= 11 is 0. The third-order valence-electron chi connectivity index (χ3n) is 6.86. The van der Waals surface area contributed by atoms with Gasteiger partial charge in [-0.1, -0.05) is 36.6 Å². The van der Waals surface area contributed by atoms with Crippen LogP contribution in [0.5, 0.6) is 5.75 Å². The molecule has 3 aromatic rings. The molecule has 174 valence electrons. The molecule has 1 aliphatic heterocycles. The number of ketones is 1. The summed E-state index contributed by atoms with van der Waals surface area (Å²) < 4.78 is 10.1. The Bertz CT molecular complexity index is 1210. The maximum absolute atomic E-state index is 13.3. The van der Waals surface area contributed by atoms with Crippen molar-refractivity contribution in [1.82, 2.24) is 5.16 Å². The fourth-order valence-electron chi connectivity index (χ4n) is 5.10. The molecule has 2 aromatic carbocycles. The lowest BCUT2D eigenvalue weighted by Crippen LogP contribution is -2.40. The molecule has 1 atom stereocenters. The normalized spacial score (nSPS) is 20.6. The summed E-state index contributed by atoms with van der Waals surface area (Å²) in [4.78, 5) is 28.2. The summed E-state index contributed by atoms with van der Waals surface area (Å²) in [5, 5.41) is 15.0. The Morgan fingerprint density at radius 1 is 1.00 bits per heavy atom. The van der Waals surface area contributed by atoms with Crippen molar-refractivity contribution in [3.05, 3.63) is 72.1 Å². The van der Waals surface area contributed by atoms with Gasteiger partial charge in [0.05, 0.1) is 24.9 Å². The number of hydrogen-bond donors (Lipinski definition) is 1. The minimum atomic E-state index is -0.646. The van der Waals surface area contributed by atoms with Crippen LogP contribution in [0, 0.1) is 5.92 Å². The molecular weight excluding hydrogens is 432 g/mol. The summed E-state index contributed by atoms with van der Waals surface area (Å²) in [6.07, 6.45) is 8.21.